The molecular formula is C27H44F2N2O2. The van der Waals surface area contributed by atoms with Crippen molar-refractivity contribution in [2.24, 2.45) is 16.2 Å². The molecular weight excluding hydrogens is 422 g/mol. The summed E-state index contributed by atoms with van der Waals surface area (Å²) >= 11 is 0. The average molecular weight is 467 g/mol. The molecule has 4 aliphatic heterocycles. The second kappa shape index (κ2) is 7.36. The lowest BCUT2D eigenvalue weighted by Gasteiger charge is -2.32. The van der Waals surface area contributed by atoms with Crippen LogP contribution in [0.5, 0.6) is 0 Å². The molecule has 0 aromatic rings. The fourth-order valence-electron chi connectivity index (χ4n) is 8.28. The zero-order chi connectivity index (χ0) is 23.2. The van der Waals surface area contributed by atoms with Crippen LogP contribution in [0.1, 0.15) is 85.0 Å². The van der Waals surface area contributed by atoms with E-state index in [-0.39, 0.29) is 18.1 Å². The number of hydrogen-bond donors (Lipinski definition) is 0. The van der Waals surface area contributed by atoms with Crippen LogP contribution in [0.15, 0.2) is 0 Å². The molecule has 2 atom stereocenters. The predicted octanol–water partition coefficient (Wildman–Crippen LogP) is 5.11. The summed E-state index contributed by atoms with van der Waals surface area (Å²) in [6, 6.07) is 0. The Hall–Kier alpha value is -0.300. The van der Waals surface area contributed by atoms with E-state index < -0.39 is 11.3 Å². The number of rotatable bonds is 6. The van der Waals surface area contributed by atoms with Gasteiger partial charge >= 0.3 is 0 Å². The fraction of sp³-hybridized carbons (Fsp3) is 1.00. The molecule has 2 unspecified atom stereocenters. The second-order valence-corrected chi connectivity index (χ2v) is 13.5. The van der Waals surface area contributed by atoms with E-state index in [9.17, 15) is 8.78 Å². The van der Waals surface area contributed by atoms with Crippen LogP contribution in [0.25, 0.3) is 0 Å². The highest BCUT2D eigenvalue weighted by Crippen LogP contribution is 2.70. The first-order chi connectivity index (χ1) is 15.6. The molecule has 3 spiro atoms. The average Bonchev–Trinajstić information content (AvgIpc) is 3.61. The quantitative estimate of drug-likeness (QED) is 0.543. The van der Waals surface area contributed by atoms with Gasteiger partial charge in [0.1, 0.15) is 0 Å². The smallest absolute Gasteiger partial charge is 0.255 e. The van der Waals surface area contributed by atoms with E-state index in [0.717, 1.165) is 43.4 Å². The van der Waals surface area contributed by atoms with E-state index in [2.05, 4.69) is 16.7 Å². The Labute approximate surface area is 198 Å². The van der Waals surface area contributed by atoms with Crippen LogP contribution in [-0.4, -0.2) is 78.9 Å². The van der Waals surface area contributed by atoms with Crippen molar-refractivity contribution in [1.29, 1.82) is 0 Å². The van der Waals surface area contributed by atoms with Gasteiger partial charge in [-0.2, -0.15) is 0 Å². The van der Waals surface area contributed by atoms with Gasteiger partial charge in [0.15, 0.2) is 0 Å². The molecule has 0 amide bonds. The summed E-state index contributed by atoms with van der Waals surface area (Å²) in [5.74, 6) is -2.41. The van der Waals surface area contributed by atoms with Gasteiger partial charge in [-0.15, -0.1) is 0 Å². The van der Waals surface area contributed by atoms with Gasteiger partial charge in [0.25, 0.3) is 5.92 Å². The van der Waals surface area contributed by atoms with Crippen LogP contribution >= 0.6 is 0 Å². The van der Waals surface area contributed by atoms with Crippen LogP contribution in [0.4, 0.5) is 8.78 Å². The van der Waals surface area contributed by atoms with E-state index in [1.54, 1.807) is 0 Å². The van der Waals surface area contributed by atoms with Gasteiger partial charge < -0.3 is 9.47 Å². The molecule has 4 heterocycles. The standard InChI is InChI=1S/C14H23NO.C13H21F2NO/c1-2-16-11-14-7-12(3-4-12)9-15(14)10-13(8-14)5-6-13;1-10(2)17-9-12-4-3-5-16(12)8-11(6-12)7-13(11,14)15/h2-11H2,1H3;10H,3-9H2,1-2H3. The van der Waals surface area contributed by atoms with Crippen molar-refractivity contribution in [3.8, 4) is 0 Å². The molecule has 0 radical (unpaired) electrons. The zero-order valence-corrected chi connectivity index (χ0v) is 21.1. The van der Waals surface area contributed by atoms with Gasteiger partial charge in [-0.05, 0) is 95.9 Å². The van der Waals surface area contributed by atoms with Crippen molar-refractivity contribution in [2.75, 3.05) is 46.0 Å². The van der Waals surface area contributed by atoms with Crippen LogP contribution < -0.4 is 0 Å². The van der Waals surface area contributed by atoms with Gasteiger partial charge in [-0.25, -0.2) is 8.78 Å². The Morgan fingerprint density at radius 2 is 1.42 bits per heavy atom. The van der Waals surface area contributed by atoms with Crippen molar-refractivity contribution < 1.29 is 18.3 Å². The topological polar surface area (TPSA) is 24.9 Å². The molecule has 4 saturated heterocycles. The molecule has 7 rings (SSSR count). The van der Waals surface area contributed by atoms with E-state index >= 15 is 0 Å². The maximum atomic E-state index is 13.5. The van der Waals surface area contributed by atoms with E-state index in [0.29, 0.717) is 25.1 Å². The lowest BCUT2D eigenvalue weighted by Crippen LogP contribution is -2.43. The van der Waals surface area contributed by atoms with Crippen molar-refractivity contribution in [1.82, 2.24) is 9.80 Å². The van der Waals surface area contributed by atoms with Gasteiger partial charge in [-0.1, -0.05) is 0 Å². The lowest BCUT2D eigenvalue weighted by atomic mass is 9.85. The third-order valence-electron chi connectivity index (χ3n) is 10.4. The molecule has 4 nitrogen and oxygen atoms in total. The largest absolute Gasteiger partial charge is 0.380 e. The van der Waals surface area contributed by atoms with Gasteiger partial charge in [0.2, 0.25) is 0 Å². The van der Waals surface area contributed by atoms with Crippen LogP contribution in [0, 0.1) is 16.2 Å². The first-order valence-electron chi connectivity index (χ1n) is 13.7. The van der Waals surface area contributed by atoms with Crippen molar-refractivity contribution in [3.63, 3.8) is 0 Å². The van der Waals surface area contributed by atoms with E-state index in [4.69, 9.17) is 9.47 Å². The first-order valence-corrected chi connectivity index (χ1v) is 13.7. The summed E-state index contributed by atoms with van der Waals surface area (Å²) in [5.41, 5.74) is 1.17. The number of ether oxygens (including phenoxy) is 2. The molecule has 7 fully saturated rings. The summed E-state index contributed by atoms with van der Waals surface area (Å²) in [6.07, 6.45) is 11.9. The first kappa shape index (κ1) is 23.1. The Balaban J connectivity index is 0.000000125. The summed E-state index contributed by atoms with van der Waals surface area (Å²) < 4.78 is 38.6. The molecule has 7 aliphatic rings. The SMILES string of the molecule is CC(C)OCC12CCCN1CC1(C2)CC1(F)F.CCOCC12CC3(CC3)CN1CC1(CC1)C2. The predicted molar refractivity (Wildman–Crippen MR) is 125 cm³/mol. The third kappa shape index (κ3) is 3.81. The minimum absolute atomic E-state index is 0.0792. The summed E-state index contributed by atoms with van der Waals surface area (Å²) in [5, 5.41) is 0. The fourth-order valence-corrected chi connectivity index (χ4v) is 8.28. The molecule has 0 bridgehead atoms. The van der Waals surface area contributed by atoms with Gasteiger partial charge in [0.05, 0.1) is 24.7 Å². The number of halogens is 2. The summed E-state index contributed by atoms with van der Waals surface area (Å²) in [4.78, 5) is 5.10. The van der Waals surface area contributed by atoms with Crippen molar-refractivity contribution in [3.05, 3.63) is 0 Å². The van der Waals surface area contributed by atoms with Crippen LogP contribution in [0.3, 0.4) is 0 Å². The normalized spacial score (nSPS) is 39.8. The number of alkyl halides is 2. The number of nitrogens with zero attached hydrogens (tertiary/aromatic N) is 2. The molecule has 6 heteroatoms. The molecule has 3 saturated carbocycles. The minimum atomic E-state index is -2.41. The Bertz CT molecular complexity index is 756. The van der Waals surface area contributed by atoms with Gasteiger partial charge in [-0.3, -0.25) is 9.80 Å². The lowest BCUT2D eigenvalue weighted by molar-refractivity contribution is 0.00191. The molecule has 0 N–H and O–H groups in total. The summed E-state index contributed by atoms with van der Waals surface area (Å²) in [6.45, 7) is 13.0. The van der Waals surface area contributed by atoms with Gasteiger partial charge in [0, 0.05) is 43.7 Å². The zero-order valence-electron chi connectivity index (χ0n) is 21.1. The number of fused-ring (bicyclic) bond motifs is 2. The van der Waals surface area contributed by atoms with Crippen LogP contribution in [-0.2, 0) is 9.47 Å². The third-order valence-corrected chi connectivity index (χ3v) is 10.4. The van der Waals surface area contributed by atoms with E-state index in [1.807, 2.05) is 13.8 Å². The number of hydrogen-bond acceptors (Lipinski definition) is 4. The highest BCUT2D eigenvalue weighted by atomic mass is 19.3. The summed E-state index contributed by atoms with van der Waals surface area (Å²) in [7, 11) is 0. The second-order valence-electron chi connectivity index (χ2n) is 13.5. The minimum Gasteiger partial charge on any atom is -0.380 e. The Morgan fingerprint density at radius 3 is 1.94 bits per heavy atom. The molecule has 0 aromatic carbocycles. The maximum Gasteiger partial charge on any atom is 0.255 e. The molecule has 3 aliphatic carbocycles. The monoisotopic (exact) mass is 466 g/mol. The Morgan fingerprint density at radius 1 is 0.788 bits per heavy atom. The Kier molecular flexibility index (Phi) is 5.16. The molecule has 0 aromatic heterocycles. The van der Waals surface area contributed by atoms with E-state index in [1.165, 1.54) is 51.6 Å². The molecule has 188 valence electrons. The highest BCUT2D eigenvalue weighted by Gasteiger charge is 2.77. The van der Waals surface area contributed by atoms with Crippen LogP contribution in [0.2, 0.25) is 0 Å². The highest BCUT2D eigenvalue weighted by molar-refractivity contribution is 5.22. The maximum absolute atomic E-state index is 13.5. The molecule has 33 heavy (non-hydrogen) atoms. The van der Waals surface area contributed by atoms with Crippen molar-refractivity contribution >= 4 is 0 Å². The van der Waals surface area contributed by atoms with Crippen molar-refractivity contribution in [2.45, 2.75) is 108 Å².